The Morgan fingerprint density at radius 2 is 1.95 bits per heavy atom. The lowest BCUT2D eigenvalue weighted by Gasteiger charge is -2.12. The summed E-state index contributed by atoms with van der Waals surface area (Å²) in [6.07, 6.45) is -4.05. The molecule has 0 amide bonds. The van der Waals surface area contributed by atoms with E-state index in [2.05, 4.69) is 9.84 Å². The first-order valence-electron chi connectivity index (χ1n) is 5.70. The molecule has 1 aromatic carbocycles. The predicted octanol–water partition coefficient (Wildman–Crippen LogP) is 2.61. The largest absolute Gasteiger partial charge is 0.469 e. The average molecular weight is 284 g/mol. The van der Waals surface area contributed by atoms with E-state index in [1.165, 1.54) is 12.1 Å². The Balaban J connectivity index is 2.51. The quantitative estimate of drug-likeness (QED) is 0.814. The second-order valence-electron chi connectivity index (χ2n) is 4.02. The molecule has 7 heteroatoms. The first-order chi connectivity index (χ1) is 9.43. The van der Waals surface area contributed by atoms with E-state index < -0.39 is 24.3 Å². The van der Waals surface area contributed by atoms with Gasteiger partial charge >= 0.3 is 12.1 Å². The van der Waals surface area contributed by atoms with Crippen molar-refractivity contribution in [1.82, 2.24) is 9.78 Å². The average Bonchev–Trinajstić information content (AvgIpc) is 2.83. The lowest BCUT2D eigenvalue weighted by Crippen LogP contribution is -2.17. The molecule has 2 aromatic rings. The summed E-state index contributed by atoms with van der Waals surface area (Å²) in [5.74, 6) is -0.747. The number of hydrogen-bond acceptors (Lipinski definition) is 3. The van der Waals surface area contributed by atoms with Crippen LogP contribution in [0, 0.1) is 0 Å². The summed E-state index contributed by atoms with van der Waals surface area (Å²) in [6, 6.07) is 7.91. The van der Waals surface area contributed by atoms with Gasteiger partial charge in [0.2, 0.25) is 0 Å². The van der Waals surface area contributed by atoms with E-state index in [-0.39, 0.29) is 11.3 Å². The molecule has 106 valence electrons. The molecule has 0 spiro atoms. The highest BCUT2D eigenvalue weighted by Gasteiger charge is 2.39. The highest BCUT2D eigenvalue weighted by atomic mass is 19.4. The van der Waals surface area contributed by atoms with E-state index in [1.54, 1.807) is 18.2 Å². The smallest absolute Gasteiger partial charge is 0.433 e. The number of benzene rings is 1. The van der Waals surface area contributed by atoms with Crippen LogP contribution >= 0.6 is 0 Å². The molecule has 0 unspecified atom stereocenters. The molecule has 0 N–H and O–H groups in total. The molecule has 0 aliphatic heterocycles. The number of nitrogens with zero attached hydrogens (tertiary/aromatic N) is 2. The Kier molecular flexibility index (Phi) is 3.78. The SMILES string of the molecule is COC(=O)Cc1cnn(-c2ccccc2)c1C(F)(F)F. The molecule has 0 aliphatic carbocycles. The Bertz CT molecular complexity index is 606. The molecule has 0 bridgehead atoms. The van der Waals surface area contributed by atoms with Crippen molar-refractivity contribution < 1.29 is 22.7 Å². The van der Waals surface area contributed by atoms with Gasteiger partial charge in [0.25, 0.3) is 0 Å². The second kappa shape index (κ2) is 5.36. The molecule has 0 aliphatic rings. The number of rotatable bonds is 3. The van der Waals surface area contributed by atoms with Crippen LogP contribution in [-0.4, -0.2) is 22.9 Å². The summed E-state index contributed by atoms with van der Waals surface area (Å²) in [7, 11) is 1.12. The molecule has 0 fully saturated rings. The monoisotopic (exact) mass is 284 g/mol. The van der Waals surface area contributed by atoms with Gasteiger partial charge in [-0.1, -0.05) is 18.2 Å². The molecule has 0 radical (unpaired) electrons. The van der Waals surface area contributed by atoms with Crippen LogP contribution in [0.2, 0.25) is 0 Å². The zero-order chi connectivity index (χ0) is 14.8. The van der Waals surface area contributed by atoms with E-state index in [9.17, 15) is 18.0 Å². The van der Waals surface area contributed by atoms with E-state index >= 15 is 0 Å². The van der Waals surface area contributed by atoms with Crippen LogP contribution in [0.25, 0.3) is 5.69 Å². The number of esters is 1. The fourth-order valence-electron chi connectivity index (χ4n) is 1.81. The Morgan fingerprint density at radius 1 is 1.30 bits per heavy atom. The Hall–Kier alpha value is -2.31. The van der Waals surface area contributed by atoms with Crippen molar-refractivity contribution in [3.8, 4) is 5.69 Å². The van der Waals surface area contributed by atoms with Gasteiger partial charge in [-0.15, -0.1) is 0 Å². The van der Waals surface area contributed by atoms with Crippen molar-refractivity contribution in [1.29, 1.82) is 0 Å². The molecule has 0 saturated heterocycles. The van der Waals surface area contributed by atoms with Crippen molar-refractivity contribution in [2.24, 2.45) is 0 Å². The summed E-state index contributed by atoms with van der Waals surface area (Å²) >= 11 is 0. The third kappa shape index (κ3) is 2.81. The highest BCUT2D eigenvalue weighted by Crippen LogP contribution is 2.33. The Labute approximate surface area is 112 Å². The van der Waals surface area contributed by atoms with Gasteiger partial charge in [0.15, 0.2) is 5.69 Å². The predicted molar refractivity (Wildman–Crippen MR) is 64.3 cm³/mol. The first-order valence-corrected chi connectivity index (χ1v) is 5.70. The summed E-state index contributed by atoms with van der Waals surface area (Å²) in [5.41, 5.74) is -0.904. The maximum Gasteiger partial charge on any atom is 0.433 e. The van der Waals surface area contributed by atoms with Crippen molar-refractivity contribution in [2.75, 3.05) is 7.11 Å². The molecule has 0 atom stereocenters. The zero-order valence-corrected chi connectivity index (χ0v) is 10.5. The van der Waals surface area contributed by atoms with E-state index in [4.69, 9.17) is 0 Å². The van der Waals surface area contributed by atoms with Crippen LogP contribution in [0.1, 0.15) is 11.3 Å². The third-order valence-corrected chi connectivity index (χ3v) is 2.68. The molecule has 1 heterocycles. The molecule has 20 heavy (non-hydrogen) atoms. The molecular weight excluding hydrogens is 273 g/mol. The summed E-state index contributed by atoms with van der Waals surface area (Å²) < 4.78 is 44.7. The molecule has 2 rings (SSSR count). The maximum absolute atomic E-state index is 13.2. The molecular formula is C13H11F3N2O2. The van der Waals surface area contributed by atoms with Crippen molar-refractivity contribution in [3.05, 3.63) is 47.8 Å². The summed E-state index contributed by atoms with van der Waals surface area (Å²) in [4.78, 5) is 11.2. The Morgan fingerprint density at radius 3 is 2.50 bits per heavy atom. The van der Waals surface area contributed by atoms with Crippen molar-refractivity contribution >= 4 is 5.97 Å². The third-order valence-electron chi connectivity index (χ3n) is 2.68. The second-order valence-corrected chi connectivity index (χ2v) is 4.02. The topological polar surface area (TPSA) is 44.1 Å². The molecule has 4 nitrogen and oxygen atoms in total. The number of halogens is 3. The lowest BCUT2D eigenvalue weighted by molar-refractivity contribution is -0.144. The van der Waals surface area contributed by atoms with Crippen molar-refractivity contribution in [3.63, 3.8) is 0 Å². The lowest BCUT2D eigenvalue weighted by atomic mass is 10.1. The van der Waals surface area contributed by atoms with Crippen molar-refractivity contribution in [2.45, 2.75) is 12.6 Å². The maximum atomic E-state index is 13.2. The normalized spacial score (nSPS) is 11.4. The summed E-state index contributed by atoms with van der Waals surface area (Å²) in [5, 5.41) is 3.73. The number of carbonyl (C=O) groups is 1. The van der Waals surface area contributed by atoms with Gasteiger partial charge < -0.3 is 4.74 Å². The summed E-state index contributed by atoms with van der Waals surface area (Å²) in [6.45, 7) is 0. The number of carbonyl (C=O) groups excluding carboxylic acids is 1. The van der Waals surface area contributed by atoms with E-state index in [0.717, 1.165) is 18.0 Å². The van der Waals surface area contributed by atoms with E-state index in [0.29, 0.717) is 0 Å². The minimum absolute atomic E-state index is 0.215. The number of aromatic nitrogens is 2. The van der Waals surface area contributed by atoms with Gasteiger partial charge in [0, 0.05) is 5.56 Å². The zero-order valence-electron chi connectivity index (χ0n) is 10.5. The van der Waals surface area contributed by atoms with E-state index in [1.807, 2.05) is 0 Å². The highest BCUT2D eigenvalue weighted by molar-refractivity contribution is 5.72. The van der Waals surface area contributed by atoms with Gasteiger partial charge in [-0.25, -0.2) is 4.68 Å². The van der Waals surface area contributed by atoms with Gasteiger partial charge in [-0.3, -0.25) is 4.79 Å². The van der Waals surface area contributed by atoms with Crippen LogP contribution in [-0.2, 0) is 22.1 Å². The van der Waals surface area contributed by atoms with Crippen LogP contribution in [0.5, 0.6) is 0 Å². The number of ether oxygens (including phenoxy) is 1. The minimum Gasteiger partial charge on any atom is -0.469 e. The fourth-order valence-corrected chi connectivity index (χ4v) is 1.81. The standard InChI is InChI=1S/C13H11F3N2O2/c1-20-11(19)7-9-8-17-18(12(9)13(14,15)16)10-5-3-2-4-6-10/h2-6,8H,7H2,1H3. The van der Waals surface area contributed by atoms with Gasteiger partial charge in [0.05, 0.1) is 25.4 Å². The fraction of sp³-hybridized carbons (Fsp3) is 0.231. The van der Waals surface area contributed by atoms with Crippen LogP contribution in [0.4, 0.5) is 13.2 Å². The number of alkyl halides is 3. The number of para-hydroxylation sites is 1. The van der Waals surface area contributed by atoms with Gasteiger partial charge in [-0.05, 0) is 12.1 Å². The minimum atomic E-state index is -4.62. The molecule has 0 saturated carbocycles. The number of methoxy groups -OCH3 is 1. The van der Waals surface area contributed by atoms with Crippen LogP contribution < -0.4 is 0 Å². The van der Waals surface area contributed by atoms with Crippen LogP contribution in [0.3, 0.4) is 0 Å². The van der Waals surface area contributed by atoms with Gasteiger partial charge in [0.1, 0.15) is 0 Å². The molecule has 1 aromatic heterocycles. The number of hydrogen-bond donors (Lipinski definition) is 0. The van der Waals surface area contributed by atoms with Crippen LogP contribution in [0.15, 0.2) is 36.5 Å². The first kappa shape index (κ1) is 14.1. The van der Waals surface area contributed by atoms with Gasteiger partial charge in [-0.2, -0.15) is 18.3 Å².